The molecule has 4 rings (SSSR count). The number of likely N-dealkylation sites (N-methyl/N-ethyl adjacent to an activating group) is 1. The molecule has 0 aliphatic heterocycles. The number of phenolic OH excluding ortho intramolecular Hbond substituents is 1. The largest absolute Gasteiger partial charge is 0.508 e. The summed E-state index contributed by atoms with van der Waals surface area (Å²) in [5, 5.41) is 43.0. The molecule has 1 saturated carbocycles. The highest BCUT2D eigenvalue weighted by molar-refractivity contribution is 6.22. The molecular formula is C21H22FN2O7+. The minimum Gasteiger partial charge on any atom is -0.508 e. The molecule has 3 aliphatic rings. The van der Waals surface area contributed by atoms with E-state index in [4.69, 9.17) is 0 Å². The molecule has 0 saturated heterocycles. The van der Waals surface area contributed by atoms with E-state index in [1.807, 2.05) is 0 Å². The van der Waals surface area contributed by atoms with Crippen LogP contribution in [-0.4, -0.2) is 68.5 Å². The normalized spacial score (nSPS) is 30.3. The van der Waals surface area contributed by atoms with Crippen molar-refractivity contribution in [3.05, 3.63) is 46.0 Å². The zero-order valence-corrected chi connectivity index (χ0v) is 16.8. The van der Waals surface area contributed by atoms with E-state index < -0.39 is 69.6 Å². The molecule has 31 heavy (non-hydrogen) atoms. The Morgan fingerprint density at radius 1 is 1.23 bits per heavy atom. The average Bonchev–Trinajstić information content (AvgIpc) is 2.67. The number of hydrogen-bond acceptors (Lipinski definition) is 8. The molecule has 7 N–H and O–H groups in total. The first-order valence-electron chi connectivity index (χ1n) is 9.64. The van der Waals surface area contributed by atoms with Gasteiger partial charge >= 0.3 is 5.91 Å². The van der Waals surface area contributed by atoms with Crippen LogP contribution in [-0.2, 0) is 20.8 Å². The average molecular weight is 433 g/mol. The Balaban J connectivity index is 1.99. The van der Waals surface area contributed by atoms with Crippen LogP contribution in [0.1, 0.15) is 17.5 Å². The number of quaternary nitrogens is 1. The van der Waals surface area contributed by atoms with Crippen molar-refractivity contribution in [1.29, 1.82) is 0 Å². The standard InChI is InChI=1S/C21H21FN2O7/c1-24(2)15-9-6-7-5-8-10(22)3-4-11(25)13(8)16(26)12(7)18(28)21(9,31)19(29)14(17(15)27)20(23)30/h3-4,7,9,15,25-26,29,31H,5-6H2,1-2H3,(H2,23,30)/p+1. The fourth-order valence-electron chi connectivity index (χ4n) is 5.24. The van der Waals surface area contributed by atoms with Crippen LogP contribution < -0.4 is 5.73 Å². The molecule has 4 unspecified atom stereocenters. The van der Waals surface area contributed by atoms with Gasteiger partial charge in [-0.05, 0) is 45.0 Å². The van der Waals surface area contributed by atoms with Crippen LogP contribution in [0.2, 0.25) is 0 Å². The third-order valence-electron chi connectivity index (χ3n) is 6.58. The number of aliphatic hydroxyl groups excluding tert-OH is 2. The van der Waals surface area contributed by atoms with Crippen LogP contribution in [0.5, 0.6) is 5.75 Å². The first kappa shape index (κ1) is 21.2. The van der Waals surface area contributed by atoms with Crippen LogP contribution in [0, 0.1) is 17.7 Å². The number of carbonyl (C=O) groups is 3. The van der Waals surface area contributed by atoms with Crippen molar-refractivity contribution in [1.82, 2.24) is 4.90 Å². The molecule has 0 aromatic heterocycles. The Labute approximate surface area is 175 Å². The summed E-state index contributed by atoms with van der Waals surface area (Å²) in [5.74, 6) is -7.78. The Bertz CT molecular complexity index is 1120. The van der Waals surface area contributed by atoms with Crippen LogP contribution in [0.4, 0.5) is 4.39 Å². The van der Waals surface area contributed by atoms with Gasteiger partial charge in [-0.25, -0.2) is 9.18 Å². The lowest BCUT2D eigenvalue weighted by molar-refractivity contribution is -0.299. The predicted octanol–water partition coefficient (Wildman–Crippen LogP) is -0.614. The summed E-state index contributed by atoms with van der Waals surface area (Å²) in [7, 11) is 3.05. The maximum absolute atomic E-state index is 14.4. The van der Waals surface area contributed by atoms with Gasteiger partial charge in [-0.3, -0.25) is 20.2 Å². The molecule has 10 heteroatoms. The van der Waals surface area contributed by atoms with Crippen molar-refractivity contribution in [3.63, 3.8) is 0 Å². The molecular weight excluding hydrogens is 411 g/mol. The number of Topliss-reactive ketones (excluding diaryl/α,β-unsaturated/α-hetero) is 2. The maximum Gasteiger partial charge on any atom is 0.348 e. The van der Waals surface area contributed by atoms with E-state index in [9.17, 15) is 39.2 Å². The number of amides is 1. The molecule has 0 bridgehead atoms. The number of carbonyl (C=O) groups excluding carboxylic acids is 3. The second-order valence-corrected chi connectivity index (χ2v) is 8.44. The van der Waals surface area contributed by atoms with Crippen molar-refractivity contribution < 1.29 is 44.9 Å². The molecule has 0 spiro atoms. The van der Waals surface area contributed by atoms with E-state index in [1.54, 1.807) is 0 Å². The van der Waals surface area contributed by atoms with E-state index in [-0.39, 0.29) is 29.5 Å². The topological polar surface area (TPSA) is 163 Å². The highest BCUT2D eigenvalue weighted by Gasteiger charge is 2.64. The third kappa shape index (κ3) is 2.62. The monoisotopic (exact) mass is 433 g/mol. The summed E-state index contributed by atoms with van der Waals surface area (Å²) in [6.07, 6.45) is -0.124. The number of ketones is 2. The van der Waals surface area contributed by atoms with Crippen molar-refractivity contribution in [2.24, 2.45) is 11.8 Å². The minimum atomic E-state index is -2.66. The number of fused-ring (bicyclic) bond motifs is 3. The molecule has 9 nitrogen and oxygen atoms in total. The smallest absolute Gasteiger partial charge is 0.348 e. The molecule has 1 aromatic carbocycles. The summed E-state index contributed by atoms with van der Waals surface area (Å²) in [6.45, 7) is 0. The molecule has 4 atom stereocenters. The predicted molar refractivity (Wildman–Crippen MR) is 103 cm³/mol. The van der Waals surface area contributed by atoms with Crippen molar-refractivity contribution in [3.8, 4) is 5.75 Å². The number of phenols is 1. The Morgan fingerprint density at radius 2 is 1.87 bits per heavy atom. The Hall–Kier alpha value is -3.08. The summed E-state index contributed by atoms with van der Waals surface area (Å²) < 4.78 is 14.4. The lowest BCUT2D eigenvalue weighted by atomic mass is 9.57. The third-order valence-corrected chi connectivity index (χ3v) is 6.58. The van der Waals surface area contributed by atoms with Gasteiger partial charge in [0, 0.05) is 17.1 Å². The number of aromatic hydroxyl groups is 1. The summed E-state index contributed by atoms with van der Waals surface area (Å²) in [4.78, 5) is 39.8. The summed E-state index contributed by atoms with van der Waals surface area (Å²) in [5.41, 5.74) is -0.817. The van der Waals surface area contributed by atoms with Gasteiger partial charge in [-0.15, -0.1) is 0 Å². The molecule has 3 aliphatic carbocycles. The fraction of sp³-hybridized carbons (Fsp3) is 0.381. The lowest BCUT2D eigenvalue weighted by Gasteiger charge is -2.50. The van der Waals surface area contributed by atoms with E-state index in [0.717, 1.165) is 12.1 Å². The minimum absolute atomic E-state index is 0.0152. The van der Waals surface area contributed by atoms with Gasteiger partial charge in [0.15, 0.2) is 22.7 Å². The van der Waals surface area contributed by atoms with Gasteiger partial charge in [0.25, 0.3) is 0 Å². The first-order valence-corrected chi connectivity index (χ1v) is 9.64. The lowest BCUT2D eigenvalue weighted by Crippen LogP contribution is -2.68. The van der Waals surface area contributed by atoms with Crippen molar-refractivity contribution >= 4 is 23.2 Å². The molecule has 1 fully saturated rings. The molecule has 0 heterocycles. The Morgan fingerprint density at radius 3 is 2.45 bits per heavy atom. The van der Waals surface area contributed by atoms with Crippen LogP contribution >= 0.6 is 0 Å². The summed E-state index contributed by atoms with van der Waals surface area (Å²) >= 11 is 0. The molecule has 0 radical (unpaired) electrons. The molecule has 164 valence electrons. The molecule has 1 amide bonds. The number of hydrogen-bond donors (Lipinski definition) is 5. The van der Waals surface area contributed by atoms with Crippen LogP contribution in [0.15, 0.2) is 29.0 Å². The van der Waals surface area contributed by atoms with Gasteiger partial charge in [-0.1, -0.05) is 0 Å². The number of aliphatic hydroxyl groups is 3. The zero-order chi connectivity index (χ0) is 23.0. The van der Waals surface area contributed by atoms with Gasteiger partial charge in [0.05, 0.1) is 11.6 Å². The van der Waals surface area contributed by atoms with E-state index in [2.05, 4.69) is 5.73 Å². The SMILES string of the molecule is CN(C)C1C(=O)C(C([NH3+])=O)=C(O)C2(O)C(=O)C3=C(O)c4c(O)ccc(F)c4CC3CC12. The van der Waals surface area contributed by atoms with Crippen LogP contribution in [0.3, 0.4) is 0 Å². The number of rotatable bonds is 2. The van der Waals surface area contributed by atoms with Gasteiger partial charge < -0.3 is 20.4 Å². The second-order valence-electron chi connectivity index (χ2n) is 8.44. The maximum atomic E-state index is 14.4. The number of benzene rings is 1. The van der Waals surface area contributed by atoms with E-state index in [0.29, 0.717) is 0 Å². The highest BCUT2D eigenvalue weighted by atomic mass is 19.1. The quantitative estimate of drug-likeness (QED) is 0.386. The van der Waals surface area contributed by atoms with Gasteiger partial charge in [-0.2, -0.15) is 0 Å². The summed E-state index contributed by atoms with van der Waals surface area (Å²) in [6, 6.07) is 0.944. The highest BCUT2D eigenvalue weighted by Crippen LogP contribution is 2.52. The van der Waals surface area contributed by atoms with Gasteiger partial charge in [0.2, 0.25) is 5.78 Å². The van der Waals surface area contributed by atoms with Crippen molar-refractivity contribution in [2.45, 2.75) is 24.5 Å². The second kappa shape index (κ2) is 6.71. The zero-order valence-electron chi connectivity index (χ0n) is 16.8. The van der Waals surface area contributed by atoms with E-state index in [1.165, 1.54) is 19.0 Å². The first-order chi connectivity index (χ1) is 14.4. The van der Waals surface area contributed by atoms with Crippen LogP contribution in [0.25, 0.3) is 5.76 Å². The van der Waals surface area contributed by atoms with Gasteiger partial charge in [0.1, 0.15) is 17.3 Å². The number of halogens is 1. The Kier molecular flexibility index (Phi) is 4.58. The molecule has 1 aromatic rings. The number of nitrogens with zero attached hydrogens (tertiary/aromatic N) is 1. The van der Waals surface area contributed by atoms with Crippen molar-refractivity contribution in [2.75, 3.05) is 14.1 Å². The fourth-order valence-corrected chi connectivity index (χ4v) is 5.24. The van der Waals surface area contributed by atoms with E-state index >= 15 is 0 Å².